The maximum atomic E-state index is 13.1. The molecule has 0 spiro atoms. The lowest BCUT2D eigenvalue weighted by Gasteiger charge is -2.32. The fourth-order valence-corrected chi connectivity index (χ4v) is 2.39. The SMILES string of the molecule is FC(F)[C@H]1C[C@H](c2ccccc2)Nc2ccnn21. The zero-order chi connectivity index (χ0) is 12.5. The molecule has 18 heavy (non-hydrogen) atoms. The van der Waals surface area contributed by atoms with Crippen LogP contribution in [0.25, 0.3) is 0 Å². The molecule has 2 atom stereocenters. The van der Waals surface area contributed by atoms with Crippen LogP contribution in [0.15, 0.2) is 42.6 Å². The van der Waals surface area contributed by atoms with Crippen LogP contribution in [0, 0.1) is 0 Å². The van der Waals surface area contributed by atoms with Crippen LogP contribution in [-0.2, 0) is 0 Å². The first-order valence-corrected chi connectivity index (χ1v) is 5.89. The average molecular weight is 249 g/mol. The highest BCUT2D eigenvalue weighted by Crippen LogP contribution is 2.37. The van der Waals surface area contributed by atoms with Gasteiger partial charge in [-0.3, -0.25) is 0 Å². The Labute approximate surface area is 103 Å². The third-order valence-corrected chi connectivity index (χ3v) is 3.28. The molecular formula is C13H13F2N3. The van der Waals surface area contributed by atoms with Gasteiger partial charge in [-0.25, -0.2) is 13.5 Å². The fourth-order valence-electron chi connectivity index (χ4n) is 2.39. The number of halogens is 2. The van der Waals surface area contributed by atoms with Gasteiger partial charge >= 0.3 is 0 Å². The van der Waals surface area contributed by atoms with Crippen LogP contribution in [-0.4, -0.2) is 16.2 Å². The number of aromatic nitrogens is 2. The molecule has 0 saturated carbocycles. The largest absolute Gasteiger partial charge is 0.363 e. The number of anilines is 1. The van der Waals surface area contributed by atoms with E-state index < -0.39 is 12.5 Å². The van der Waals surface area contributed by atoms with Crippen molar-refractivity contribution in [1.29, 1.82) is 0 Å². The second-order valence-electron chi connectivity index (χ2n) is 4.41. The van der Waals surface area contributed by atoms with Gasteiger partial charge < -0.3 is 5.32 Å². The van der Waals surface area contributed by atoms with Crippen molar-refractivity contribution in [3.63, 3.8) is 0 Å². The lowest BCUT2D eigenvalue weighted by molar-refractivity contribution is 0.0658. The summed E-state index contributed by atoms with van der Waals surface area (Å²) in [5, 5.41) is 7.21. The van der Waals surface area contributed by atoms with Crippen LogP contribution in [0.3, 0.4) is 0 Å². The molecule has 0 aliphatic carbocycles. The van der Waals surface area contributed by atoms with E-state index in [1.54, 1.807) is 12.3 Å². The molecule has 1 aromatic carbocycles. The van der Waals surface area contributed by atoms with Crippen LogP contribution in [0.4, 0.5) is 14.6 Å². The number of nitrogens with zero attached hydrogens (tertiary/aromatic N) is 2. The molecule has 1 aromatic heterocycles. The van der Waals surface area contributed by atoms with Gasteiger partial charge in [0, 0.05) is 6.07 Å². The molecule has 5 heteroatoms. The standard InChI is InChI=1S/C13H13F2N3/c14-13(15)11-8-10(9-4-2-1-3-5-9)17-12-6-7-16-18(11)12/h1-7,10-11,13,17H,8H2/t10-,11-/m1/s1. The first-order valence-electron chi connectivity index (χ1n) is 5.89. The normalized spacial score (nSPS) is 22.6. The van der Waals surface area contributed by atoms with E-state index in [0.29, 0.717) is 12.2 Å². The third-order valence-electron chi connectivity index (χ3n) is 3.28. The highest BCUT2D eigenvalue weighted by molar-refractivity contribution is 5.41. The van der Waals surface area contributed by atoms with Gasteiger partial charge in [-0.05, 0) is 12.0 Å². The van der Waals surface area contributed by atoms with E-state index in [1.165, 1.54) is 4.68 Å². The van der Waals surface area contributed by atoms with Crippen molar-refractivity contribution in [3.05, 3.63) is 48.2 Å². The number of hydrogen-bond donors (Lipinski definition) is 1. The highest BCUT2D eigenvalue weighted by atomic mass is 19.3. The topological polar surface area (TPSA) is 29.9 Å². The fraction of sp³-hybridized carbons (Fsp3) is 0.308. The van der Waals surface area contributed by atoms with Gasteiger partial charge in [-0.15, -0.1) is 0 Å². The third kappa shape index (κ3) is 1.85. The van der Waals surface area contributed by atoms with Crippen LogP contribution in [0.5, 0.6) is 0 Å². The summed E-state index contributed by atoms with van der Waals surface area (Å²) in [4.78, 5) is 0. The van der Waals surface area contributed by atoms with Crippen LogP contribution >= 0.6 is 0 Å². The number of alkyl halides is 2. The average Bonchev–Trinajstić information content (AvgIpc) is 2.86. The molecule has 94 valence electrons. The molecule has 3 nitrogen and oxygen atoms in total. The van der Waals surface area contributed by atoms with Gasteiger partial charge in [0.1, 0.15) is 11.9 Å². The summed E-state index contributed by atoms with van der Waals surface area (Å²) >= 11 is 0. The summed E-state index contributed by atoms with van der Waals surface area (Å²) < 4.78 is 27.5. The molecule has 1 aliphatic heterocycles. The molecule has 0 amide bonds. The molecule has 3 rings (SSSR count). The number of nitrogens with one attached hydrogen (secondary N) is 1. The summed E-state index contributed by atoms with van der Waals surface area (Å²) in [5.41, 5.74) is 1.02. The van der Waals surface area contributed by atoms with Crippen LogP contribution in [0.2, 0.25) is 0 Å². The van der Waals surface area contributed by atoms with Crippen LogP contribution < -0.4 is 5.32 Å². The van der Waals surface area contributed by atoms with Crippen molar-refractivity contribution in [2.24, 2.45) is 0 Å². The molecule has 0 bridgehead atoms. The number of fused-ring (bicyclic) bond motifs is 1. The van der Waals surface area contributed by atoms with Crippen molar-refractivity contribution in [3.8, 4) is 0 Å². The van der Waals surface area contributed by atoms with Gasteiger partial charge in [0.15, 0.2) is 0 Å². The Morgan fingerprint density at radius 3 is 2.72 bits per heavy atom. The lowest BCUT2D eigenvalue weighted by atomic mass is 9.97. The van der Waals surface area contributed by atoms with E-state index in [9.17, 15) is 8.78 Å². The summed E-state index contributed by atoms with van der Waals surface area (Å²) in [6, 6.07) is 10.4. The minimum Gasteiger partial charge on any atom is -0.363 e. The Morgan fingerprint density at radius 1 is 1.22 bits per heavy atom. The van der Waals surface area contributed by atoms with E-state index in [2.05, 4.69) is 10.4 Å². The van der Waals surface area contributed by atoms with Crippen molar-refractivity contribution in [1.82, 2.24) is 9.78 Å². The first kappa shape index (κ1) is 11.2. The summed E-state index contributed by atoms with van der Waals surface area (Å²) in [5.74, 6) is 0.653. The van der Waals surface area contributed by atoms with Crippen molar-refractivity contribution in [2.45, 2.75) is 24.9 Å². The second-order valence-corrected chi connectivity index (χ2v) is 4.41. The molecule has 0 radical (unpaired) electrons. The molecule has 2 heterocycles. The van der Waals surface area contributed by atoms with Crippen molar-refractivity contribution in [2.75, 3.05) is 5.32 Å². The first-order chi connectivity index (χ1) is 8.75. The second kappa shape index (κ2) is 4.40. The van der Waals surface area contributed by atoms with E-state index in [0.717, 1.165) is 5.56 Å². The van der Waals surface area contributed by atoms with Gasteiger partial charge in [-0.1, -0.05) is 30.3 Å². The minimum atomic E-state index is -2.41. The van der Waals surface area contributed by atoms with Crippen molar-refractivity contribution < 1.29 is 8.78 Å². The van der Waals surface area contributed by atoms with Crippen LogP contribution in [0.1, 0.15) is 24.1 Å². The Kier molecular flexibility index (Phi) is 2.74. The van der Waals surface area contributed by atoms with Gasteiger partial charge in [0.2, 0.25) is 0 Å². The van der Waals surface area contributed by atoms with E-state index >= 15 is 0 Å². The Bertz CT molecular complexity index is 524. The zero-order valence-corrected chi connectivity index (χ0v) is 9.63. The molecule has 1 N–H and O–H groups in total. The lowest BCUT2D eigenvalue weighted by Crippen LogP contribution is -2.30. The van der Waals surface area contributed by atoms with Gasteiger partial charge in [0.05, 0.1) is 12.2 Å². The Hall–Kier alpha value is -1.91. The predicted molar refractivity (Wildman–Crippen MR) is 64.7 cm³/mol. The molecular weight excluding hydrogens is 236 g/mol. The molecule has 0 saturated heterocycles. The molecule has 1 aliphatic rings. The maximum absolute atomic E-state index is 13.1. The number of rotatable bonds is 2. The molecule has 0 fully saturated rings. The summed E-state index contributed by atoms with van der Waals surface area (Å²) in [6.45, 7) is 0. The Balaban J connectivity index is 1.94. The van der Waals surface area contributed by atoms with Gasteiger partial charge in [0.25, 0.3) is 6.43 Å². The summed E-state index contributed by atoms with van der Waals surface area (Å²) in [6.07, 6.45) is -0.515. The number of hydrogen-bond acceptors (Lipinski definition) is 2. The van der Waals surface area contributed by atoms with E-state index in [4.69, 9.17) is 0 Å². The van der Waals surface area contributed by atoms with E-state index in [1.807, 2.05) is 30.3 Å². The van der Waals surface area contributed by atoms with Gasteiger partial charge in [-0.2, -0.15) is 5.10 Å². The van der Waals surface area contributed by atoms with Crippen molar-refractivity contribution >= 4 is 5.82 Å². The molecule has 2 aromatic rings. The minimum absolute atomic E-state index is 0.0885. The number of benzene rings is 1. The maximum Gasteiger partial charge on any atom is 0.260 e. The van der Waals surface area contributed by atoms with E-state index in [-0.39, 0.29) is 6.04 Å². The quantitative estimate of drug-likeness (QED) is 0.885. The molecule has 0 unspecified atom stereocenters. The summed E-state index contributed by atoms with van der Waals surface area (Å²) in [7, 11) is 0. The zero-order valence-electron chi connectivity index (χ0n) is 9.63. The Morgan fingerprint density at radius 2 is 2.00 bits per heavy atom. The highest BCUT2D eigenvalue weighted by Gasteiger charge is 2.33. The smallest absolute Gasteiger partial charge is 0.260 e. The predicted octanol–water partition coefficient (Wildman–Crippen LogP) is 3.25. The monoisotopic (exact) mass is 249 g/mol.